The van der Waals surface area contributed by atoms with Crippen LogP contribution in [-0.2, 0) is 22.5 Å². The molecular formula is C21H25N5O2. The number of hydrogen-bond donors (Lipinski definition) is 4. The number of nitrogen functional groups attached to an aromatic ring is 1. The van der Waals surface area contributed by atoms with Crippen molar-refractivity contribution >= 4 is 17.6 Å². The number of hydrogen-bond acceptors (Lipinski definition) is 7. The number of pyridine rings is 1. The average Bonchev–Trinajstić information content (AvgIpc) is 2.75. The van der Waals surface area contributed by atoms with E-state index in [9.17, 15) is 0 Å². The van der Waals surface area contributed by atoms with Gasteiger partial charge in [-0.1, -0.05) is 6.07 Å². The Hall–Kier alpha value is -2.74. The number of rotatable bonds is 4. The zero-order valence-corrected chi connectivity index (χ0v) is 15.7. The van der Waals surface area contributed by atoms with E-state index >= 15 is 0 Å². The van der Waals surface area contributed by atoms with Crippen LogP contribution in [0.2, 0.25) is 0 Å². The minimum absolute atomic E-state index is 0.145. The second kappa shape index (κ2) is 8.10. The van der Waals surface area contributed by atoms with Crippen LogP contribution in [0.15, 0.2) is 30.6 Å². The molecule has 2 aliphatic heterocycles. The zero-order chi connectivity index (χ0) is 19.5. The van der Waals surface area contributed by atoms with Crippen molar-refractivity contribution in [2.45, 2.75) is 19.1 Å². The number of ether oxygens (including phenoxy) is 2. The molecular weight excluding hydrogens is 354 g/mol. The van der Waals surface area contributed by atoms with Crippen LogP contribution in [-0.4, -0.2) is 37.6 Å². The molecule has 0 radical (unpaired) electrons. The van der Waals surface area contributed by atoms with E-state index in [0.29, 0.717) is 30.2 Å². The van der Waals surface area contributed by atoms with Gasteiger partial charge in [-0.3, -0.25) is 0 Å². The van der Waals surface area contributed by atoms with Crippen LogP contribution in [0.3, 0.4) is 0 Å². The third-order valence-electron chi connectivity index (χ3n) is 5.33. The molecule has 2 aromatic rings. The number of nitrogens with one attached hydrogen (secondary N) is 2. The molecule has 0 saturated carbocycles. The van der Waals surface area contributed by atoms with Gasteiger partial charge in [0.25, 0.3) is 0 Å². The molecule has 7 nitrogen and oxygen atoms in total. The predicted octanol–water partition coefficient (Wildman–Crippen LogP) is 2.01. The Labute approximate surface area is 164 Å². The lowest BCUT2D eigenvalue weighted by molar-refractivity contribution is 0.0736. The van der Waals surface area contributed by atoms with E-state index in [2.05, 4.69) is 22.4 Å². The lowest BCUT2D eigenvalue weighted by Crippen LogP contribution is -2.35. The predicted molar refractivity (Wildman–Crippen MR) is 110 cm³/mol. The maximum atomic E-state index is 7.57. The summed E-state index contributed by atoms with van der Waals surface area (Å²) in [6.45, 7) is 3.57. The van der Waals surface area contributed by atoms with Crippen LogP contribution in [0.4, 0.5) is 5.82 Å². The maximum absolute atomic E-state index is 7.57. The molecule has 0 spiro atoms. The Bertz CT molecular complexity index is 919. The Kier molecular flexibility index (Phi) is 5.38. The number of fused-ring (bicyclic) bond motifs is 1. The highest BCUT2D eigenvalue weighted by atomic mass is 16.5. The van der Waals surface area contributed by atoms with Gasteiger partial charge in [0.15, 0.2) is 0 Å². The molecule has 0 bridgehead atoms. The number of allylic oxidation sites excluding steroid dienone is 1. The van der Waals surface area contributed by atoms with Gasteiger partial charge in [-0.05, 0) is 40.8 Å². The highest BCUT2D eigenvalue weighted by Gasteiger charge is 2.23. The summed E-state index contributed by atoms with van der Waals surface area (Å²) in [5.74, 6) is 0.359. The van der Waals surface area contributed by atoms with Gasteiger partial charge < -0.3 is 31.7 Å². The van der Waals surface area contributed by atoms with Crippen molar-refractivity contribution in [2.75, 3.05) is 32.1 Å². The highest BCUT2D eigenvalue weighted by molar-refractivity contribution is 6.10. The third kappa shape index (κ3) is 3.52. The molecule has 2 aliphatic rings. The Morgan fingerprint density at radius 3 is 2.86 bits per heavy atom. The van der Waals surface area contributed by atoms with Gasteiger partial charge in [0.1, 0.15) is 5.82 Å². The molecule has 28 heavy (non-hydrogen) atoms. The third-order valence-corrected chi connectivity index (χ3v) is 5.33. The molecule has 4 rings (SSSR count). The minimum atomic E-state index is 0.145. The molecule has 146 valence electrons. The van der Waals surface area contributed by atoms with E-state index in [-0.39, 0.29) is 6.04 Å². The zero-order valence-electron chi connectivity index (χ0n) is 15.7. The van der Waals surface area contributed by atoms with Crippen LogP contribution in [0.1, 0.15) is 28.3 Å². The largest absolute Gasteiger partial charge is 0.404 e. The molecule has 1 atom stereocenters. The summed E-state index contributed by atoms with van der Waals surface area (Å²) in [6, 6.07) is 6.49. The number of anilines is 1. The topological polar surface area (TPSA) is 119 Å². The van der Waals surface area contributed by atoms with Gasteiger partial charge in [0.05, 0.1) is 32.5 Å². The Balaban J connectivity index is 1.82. The number of aromatic nitrogens is 1. The number of nitrogens with two attached hydrogens (primary N) is 2. The summed E-state index contributed by atoms with van der Waals surface area (Å²) >= 11 is 0. The van der Waals surface area contributed by atoms with Crippen LogP contribution >= 0.6 is 0 Å². The molecule has 0 amide bonds. The molecule has 6 N–H and O–H groups in total. The second-order valence-corrected chi connectivity index (χ2v) is 7.01. The van der Waals surface area contributed by atoms with Crippen LogP contribution in [0.5, 0.6) is 0 Å². The average molecular weight is 379 g/mol. The van der Waals surface area contributed by atoms with Crippen molar-refractivity contribution in [3.8, 4) is 11.1 Å². The molecule has 0 unspecified atom stereocenters. The first-order chi connectivity index (χ1) is 13.7. The molecule has 3 heterocycles. The van der Waals surface area contributed by atoms with Crippen molar-refractivity contribution in [3.63, 3.8) is 0 Å². The standard InChI is InChI=1S/C21H25N5O2/c22-8-16(9-23)17-7-15(10-26-21(17)24)14-5-13-1-3-27-11-19(13)18(6-14)20-12-28-4-2-25-20/h5-10,20,22,25H,1-4,11-12,23H2,(H2,24,26)/b16-9+,22-8?/t20-/m0/s1. The molecule has 1 saturated heterocycles. The summed E-state index contributed by atoms with van der Waals surface area (Å²) in [5.41, 5.74) is 18.7. The fourth-order valence-corrected chi connectivity index (χ4v) is 3.83. The SMILES string of the molecule is N=C/C(=C\N)c1cc(-c2cc3c(c([C@@H]4COCCN4)c2)COCC3)cnc1N. The van der Waals surface area contributed by atoms with E-state index in [1.54, 1.807) is 6.20 Å². The van der Waals surface area contributed by atoms with Gasteiger partial charge in [-0.15, -0.1) is 0 Å². The molecule has 1 fully saturated rings. The summed E-state index contributed by atoms with van der Waals surface area (Å²) < 4.78 is 11.4. The summed E-state index contributed by atoms with van der Waals surface area (Å²) in [4.78, 5) is 4.34. The highest BCUT2D eigenvalue weighted by Crippen LogP contribution is 2.34. The van der Waals surface area contributed by atoms with Gasteiger partial charge in [-0.2, -0.15) is 0 Å². The minimum Gasteiger partial charge on any atom is -0.404 e. The van der Waals surface area contributed by atoms with E-state index in [1.807, 2.05) is 6.07 Å². The van der Waals surface area contributed by atoms with Crippen LogP contribution in [0, 0.1) is 5.41 Å². The lowest BCUT2D eigenvalue weighted by atomic mass is 9.88. The number of benzene rings is 1. The van der Waals surface area contributed by atoms with Crippen molar-refractivity contribution in [2.24, 2.45) is 5.73 Å². The van der Waals surface area contributed by atoms with Gasteiger partial charge in [-0.25, -0.2) is 4.98 Å². The van der Waals surface area contributed by atoms with E-state index in [1.165, 1.54) is 29.1 Å². The second-order valence-electron chi connectivity index (χ2n) is 7.01. The normalized spacial score (nSPS) is 19.9. The molecule has 0 aliphatic carbocycles. The number of morpholine rings is 1. The van der Waals surface area contributed by atoms with Crippen LogP contribution < -0.4 is 16.8 Å². The van der Waals surface area contributed by atoms with Crippen LogP contribution in [0.25, 0.3) is 16.7 Å². The summed E-state index contributed by atoms with van der Waals surface area (Å²) in [6.07, 6.45) is 5.22. The van der Waals surface area contributed by atoms with Crippen molar-refractivity contribution in [1.82, 2.24) is 10.3 Å². The molecule has 1 aromatic carbocycles. The monoisotopic (exact) mass is 379 g/mol. The van der Waals surface area contributed by atoms with Crippen molar-refractivity contribution in [1.29, 1.82) is 5.41 Å². The maximum Gasteiger partial charge on any atom is 0.131 e. The summed E-state index contributed by atoms with van der Waals surface area (Å²) in [5, 5.41) is 11.1. The van der Waals surface area contributed by atoms with Crippen molar-refractivity contribution in [3.05, 3.63) is 52.8 Å². The van der Waals surface area contributed by atoms with Gasteiger partial charge in [0, 0.05) is 41.9 Å². The quantitative estimate of drug-likeness (QED) is 0.604. The molecule has 1 aromatic heterocycles. The fraction of sp³-hybridized carbons (Fsp3) is 0.333. The Morgan fingerprint density at radius 1 is 1.21 bits per heavy atom. The van der Waals surface area contributed by atoms with Gasteiger partial charge in [0.2, 0.25) is 0 Å². The van der Waals surface area contributed by atoms with E-state index in [4.69, 9.17) is 26.4 Å². The summed E-state index contributed by atoms with van der Waals surface area (Å²) in [7, 11) is 0. The first-order valence-corrected chi connectivity index (χ1v) is 9.44. The van der Waals surface area contributed by atoms with Crippen molar-refractivity contribution < 1.29 is 9.47 Å². The van der Waals surface area contributed by atoms with E-state index in [0.717, 1.165) is 37.3 Å². The first kappa shape index (κ1) is 18.6. The number of nitrogens with zero attached hydrogens (tertiary/aromatic N) is 1. The van der Waals surface area contributed by atoms with E-state index < -0.39 is 0 Å². The first-order valence-electron chi connectivity index (χ1n) is 9.44. The lowest BCUT2D eigenvalue weighted by Gasteiger charge is -2.29. The van der Waals surface area contributed by atoms with Gasteiger partial charge >= 0.3 is 0 Å². The Morgan fingerprint density at radius 2 is 2.11 bits per heavy atom. The smallest absolute Gasteiger partial charge is 0.131 e. The fourth-order valence-electron chi connectivity index (χ4n) is 3.83. The molecule has 7 heteroatoms.